The van der Waals surface area contributed by atoms with Gasteiger partial charge in [-0.15, -0.1) is 0 Å². The average molecular weight is 553 g/mol. The molecular weight excluding hydrogens is 520 g/mol. The van der Waals surface area contributed by atoms with E-state index in [1.54, 1.807) is 48.5 Å². The van der Waals surface area contributed by atoms with E-state index < -0.39 is 20.2 Å². The molecule has 0 aliphatic heterocycles. The minimum atomic E-state index is -3.86. The molecular formula is C30H32O6S2. The number of hydrogen-bond acceptors (Lipinski definition) is 6. The summed E-state index contributed by atoms with van der Waals surface area (Å²) in [6.07, 6.45) is 5.39. The topological polar surface area (TPSA) is 86.7 Å². The van der Waals surface area contributed by atoms with E-state index in [1.165, 1.54) is 0 Å². The van der Waals surface area contributed by atoms with Gasteiger partial charge in [-0.2, -0.15) is 16.8 Å². The summed E-state index contributed by atoms with van der Waals surface area (Å²) in [6, 6.07) is 13.7. The molecule has 2 aromatic carbocycles. The van der Waals surface area contributed by atoms with Crippen LogP contribution in [0.2, 0.25) is 0 Å². The van der Waals surface area contributed by atoms with E-state index in [9.17, 15) is 16.8 Å². The molecule has 0 heterocycles. The first-order valence-corrected chi connectivity index (χ1v) is 16.6. The second-order valence-corrected chi connectivity index (χ2v) is 15.8. The summed E-state index contributed by atoms with van der Waals surface area (Å²) in [6.45, 7) is 3.87. The molecule has 0 spiro atoms. The third-order valence-electron chi connectivity index (χ3n) is 11.1. The van der Waals surface area contributed by atoms with Crippen molar-refractivity contribution in [3.8, 4) is 0 Å². The minimum Gasteiger partial charge on any atom is -0.263 e. The second kappa shape index (κ2) is 7.80. The minimum absolute atomic E-state index is 0.215. The number of hydrogen-bond donors (Lipinski definition) is 0. The highest BCUT2D eigenvalue weighted by Crippen LogP contribution is 2.79. The largest absolute Gasteiger partial charge is 0.297 e. The maximum absolute atomic E-state index is 13.3. The fourth-order valence-electron chi connectivity index (χ4n) is 10.1. The molecule has 2 aromatic rings. The van der Waals surface area contributed by atoms with Crippen LogP contribution < -0.4 is 0 Å². The molecule has 0 aromatic heterocycles. The van der Waals surface area contributed by atoms with E-state index in [2.05, 4.69) is 12.2 Å². The molecule has 8 heteroatoms. The highest BCUT2D eigenvalue weighted by Gasteiger charge is 2.77. The van der Waals surface area contributed by atoms with Gasteiger partial charge in [0, 0.05) is 0 Å². The van der Waals surface area contributed by atoms with Crippen molar-refractivity contribution in [1.29, 1.82) is 0 Å². The van der Waals surface area contributed by atoms with Crippen molar-refractivity contribution in [3.63, 3.8) is 0 Å². The molecule has 0 bridgehead atoms. The van der Waals surface area contributed by atoms with Gasteiger partial charge in [-0.1, -0.05) is 47.5 Å². The van der Waals surface area contributed by atoms with Gasteiger partial charge in [0.15, 0.2) is 0 Å². The van der Waals surface area contributed by atoms with Crippen molar-refractivity contribution >= 4 is 20.2 Å². The first-order chi connectivity index (χ1) is 18.1. The van der Waals surface area contributed by atoms with Crippen molar-refractivity contribution in [2.45, 2.75) is 48.7 Å². The quantitative estimate of drug-likeness (QED) is 0.380. The number of fused-ring (bicyclic) bond motifs is 3. The number of aryl methyl sites for hydroxylation is 2. The molecule has 0 N–H and O–H groups in total. The Morgan fingerprint density at radius 1 is 0.553 bits per heavy atom. The van der Waals surface area contributed by atoms with Crippen molar-refractivity contribution in [2.24, 2.45) is 59.2 Å². The second-order valence-electron chi connectivity index (χ2n) is 12.6. The van der Waals surface area contributed by atoms with Crippen LogP contribution in [0.5, 0.6) is 0 Å². The van der Waals surface area contributed by atoms with Crippen LogP contribution in [0.25, 0.3) is 0 Å². The Morgan fingerprint density at radius 2 is 0.947 bits per heavy atom. The third-order valence-corrected chi connectivity index (χ3v) is 13.8. The molecule has 6 aliphatic carbocycles. The first-order valence-electron chi connectivity index (χ1n) is 13.8. The lowest BCUT2D eigenvalue weighted by atomic mass is 9.83. The summed E-state index contributed by atoms with van der Waals surface area (Å²) in [4.78, 5) is 0.429. The van der Waals surface area contributed by atoms with Crippen LogP contribution in [-0.2, 0) is 28.6 Å². The van der Waals surface area contributed by atoms with Crippen LogP contribution in [0.15, 0.2) is 70.5 Å². The molecule has 6 nitrogen and oxygen atoms in total. The number of benzene rings is 2. The van der Waals surface area contributed by atoms with E-state index in [4.69, 9.17) is 8.37 Å². The Labute approximate surface area is 224 Å². The van der Waals surface area contributed by atoms with Crippen LogP contribution in [0.1, 0.15) is 24.0 Å². The number of allylic oxidation sites excluding steroid dienone is 2. The molecule has 200 valence electrons. The fourth-order valence-corrected chi connectivity index (χ4v) is 12.3. The Morgan fingerprint density at radius 3 is 1.34 bits per heavy atom. The van der Waals surface area contributed by atoms with Crippen LogP contribution >= 0.6 is 0 Å². The van der Waals surface area contributed by atoms with Gasteiger partial charge in [0.25, 0.3) is 20.2 Å². The summed E-state index contributed by atoms with van der Waals surface area (Å²) in [7, 11) is -7.71. The highest BCUT2D eigenvalue weighted by molar-refractivity contribution is 7.87. The molecule has 8 rings (SSSR count). The standard InChI is InChI=1S/C30H32O6S2/c1-15-3-7-17(8-4-15)37(31,32)35-23-13-21-22-14-24(36-38(33,34)18-9-5-16(2)6-10-18)27-20-12-11-19-25(20)30(29(22)27)28(21)26(19)23/h3-12,19-30H,13-14H2,1-2H3/t19?,20?,21?,22?,23-,24+,25?,26?,27?,28?,29?,30?. The Kier molecular flexibility index (Phi) is 4.90. The average Bonchev–Trinajstić information content (AvgIpc) is 3.65. The molecule has 0 amide bonds. The lowest BCUT2D eigenvalue weighted by Gasteiger charge is -2.28. The maximum atomic E-state index is 13.3. The Balaban J connectivity index is 1.09. The zero-order valence-electron chi connectivity index (χ0n) is 21.4. The predicted molar refractivity (Wildman–Crippen MR) is 140 cm³/mol. The lowest BCUT2D eigenvalue weighted by Crippen LogP contribution is -2.31. The van der Waals surface area contributed by atoms with Gasteiger partial charge in [-0.25, -0.2) is 0 Å². The lowest BCUT2D eigenvalue weighted by molar-refractivity contribution is 0.108. The Hall–Kier alpha value is -2.00. The van der Waals surface area contributed by atoms with Crippen LogP contribution in [-0.4, -0.2) is 29.0 Å². The van der Waals surface area contributed by atoms with Gasteiger partial charge in [-0.3, -0.25) is 8.37 Å². The SMILES string of the molecule is Cc1ccc(S(=O)(=O)O[C@H]2CC3C4C[C@@H](OS(=O)(=O)c5ccc(C)cc5)C5C6C=CC7C6C(C3C72)C45)cc1. The van der Waals surface area contributed by atoms with Gasteiger partial charge in [0.05, 0.1) is 22.0 Å². The van der Waals surface area contributed by atoms with Gasteiger partial charge >= 0.3 is 0 Å². The van der Waals surface area contributed by atoms with Crippen LogP contribution in [0.3, 0.4) is 0 Å². The van der Waals surface area contributed by atoms with E-state index in [0.717, 1.165) is 24.0 Å². The molecule has 0 saturated heterocycles. The zero-order chi connectivity index (χ0) is 26.1. The third kappa shape index (κ3) is 3.12. The van der Waals surface area contributed by atoms with Crippen molar-refractivity contribution in [1.82, 2.24) is 0 Å². The summed E-state index contributed by atoms with van der Waals surface area (Å²) >= 11 is 0. The summed E-state index contributed by atoms with van der Waals surface area (Å²) in [5.41, 5.74) is 2.01. The molecule has 0 radical (unpaired) electrons. The highest BCUT2D eigenvalue weighted by atomic mass is 32.2. The molecule has 12 atom stereocenters. The van der Waals surface area contributed by atoms with Gasteiger partial charge < -0.3 is 0 Å². The molecule has 5 saturated carbocycles. The molecule has 38 heavy (non-hydrogen) atoms. The van der Waals surface area contributed by atoms with Crippen molar-refractivity contribution in [2.75, 3.05) is 0 Å². The maximum Gasteiger partial charge on any atom is 0.297 e. The smallest absolute Gasteiger partial charge is 0.263 e. The van der Waals surface area contributed by atoms with Gasteiger partial charge in [-0.05, 0) is 110 Å². The van der Waals surface area contributed by atoms with E-state index in [1.807, 2.05) is 13.8 Å². The molecule has 6 aliphatic rings. The van der Waals surface area contributed by atoms with Gasteiger partial charge in [0.2, 0.25) is 0 Å². The first kappa shape index (κ1) is 23.9. The van der Waals surface area contributed by atoms with Crippen molar-refractivity contribution in [3.05, 3.63) is 71.8 Å². The summed E-state index contributed by atoms with van der Waals surface area (Å²) in [5, 5.41) is 0. The molecule has 5 fully saturated rings. The van der Waals surface area contributed by atoms with Crippen LogP contribution in [0, 0.1) is 73.0 Å². The number of rotatable bonds is 6. The summed E-state index contributed by atoms with van der Waals surface area (Å²) < 4.78 is 65.1. The predicted octanol–water partition coefficient (Wildman–Crippen LogP) is 4.73. The van der Waals surface area contributed by atoms with E-state index in [-0.39, 0.29) is 33.8 Å². The molecule has 10 unspecified atom stereocenters. The van der Waals surface area contributed by atoms with Crippen LogP contribution in [0.4, 0.5) is 0 Å². The summed E-state index contributed by atoms with van der Waals surface area (Å²) in [5.74, 6) is 3.68. The fraction of sp³-hybridized carbons (Fsp3) is 0.533. The van der Waals surface area contributed by atoms with Gasteiger partial charge in [0.1, 0.15) is 0 Å². The zero-order valence-corrected chi connectivity index (χ0v) is 23.0. The Bertz CT molecular complexity index is 1430. The van der Waals surface area contributed by atoms with Crippen molar-refractivity contribution < 1.29 is 25.2 Å². The monoisotopic (exact) mass is 552 g/mol. The normalized spacial score (nSPS) is 43.3. The van der Waals surface area contributed by atoms with E-state index >= 15 is 0 Å². The van der Waals surface area contributed by atoms with E-state index in [0.29, 0.717) is 47.3 Å².